The number of ether oxygens (including phenoxy) is 8. The van der Waals surface area contributed by atoms with Crippen LogP contribution < -0.4 is 0 Å². The molecule has 8 aliphatic rings. The van der Waals surface area contributed by atoms with Crippen molar-refractivity contribution in [2.24, 2.45) is 45.8 Å². The molecular formula is C53H90O22. The molecule has 0 aromatic heterocycles. The maximum absolute atomic E-state index is 12.7. The Labute approximate surface area is 439 Å². The molecule has 4 heterocycles. The summed E-state index contributed by atoms with van der Waals surface area (Å²) in [7, 11) is 0. The van der Waals surface area contributed by atoms with E-state index in [0.29, 0.717) is 38.5 Å². The van der Waals surface area contributed by atoms with Gasteiger partial charge in [0.15, 0.2) is 25.2 Å². The normalized spacial score (nSPS) is 52.1. The fourth-order valence-electron chi connectivity index (χ4n) is 15.6. The highest BCUT2D eigenvalue weighted by molar-refractivity contribution is 5.17. The van der Waals surface area contributed by atoms with Gasteiger partial charge < -0.3 is 109 Å². The lowest BCUT2D eigenvalue weighted by Gasteiger charge is -2.66. The van der Waals surface area contributed by atoms with Gasteiger partial charge in [-0.15, -0.1) is 0 Å². The second kappa shape index (κ2) is 23.4. The summed E-state index contributed by atoms with van der Waals surface area (Å²) in [5, 5.41) is 151. The van der Waals surface area contributed by atoms with Crippen molar-refractivity contribution in [3.63, 3.8) is 0 Å². The van der Waals surface area contributed by atoms with E-state index in [-0.39, 0.29) is 47.0 Å². The quantitative estimate of drug-likeness (QED) is 0.0614. The fraction of sp³-hybridized carbons (Fsp3) is 0.962. The summed E-state index contributed by atoms with van der Waals surface area (Å²) in [6.07, 6.45) is -21.4. The van der Waals surface area contributed by atoms with Crippen LogP contribution in [0.25, 0.3) is 0 Å². The molecule has 434 valence electrons. The predicted octanol–water partition coefficient (Wildman–Crippen LogP) is -1.56. The zero-order valence-corrected chi connectivity index (χ0v) is 44.5. The maximum Gasteiger partial charge on any atom is 0.187 e. The van der Waals surface area contributed by atoms with Crippen LogP contribution in [0.1, 0.15) is 113 Å². The number of hydrogen-bond acceptors (Lipinski definition) is 22. The zero-order chi connectivity index (χ0) is 54.9. The van der Waals surface area contributed by atoms with Crippen molar-refractivity contribution in [3.8, 4) is 0 Å². The monoisotopic (exact) mass is 1080 g/mol. The van der Waals surface area contributed by atoms with E-state index in [1.807, 2.05) is 6.92 Å². The van der Waals surface area contributed by atoms with Crippen LogP contribution in [0.15, 0.2) is 11.6 Å². The van der Waals surface area contributed by atoms with Crippen LogP contribution in [-0.2, 0) is 37.9 Å². The minimum Gasteiger partial charge on any atom is -0.394 e. The highest BCUT2D eigenvalue weighted by Gasteiger charge is 2.68. The van der Waals surface area contributed by atoms with Gasteiger partial charge in [0.05, 0.1) is 44.2 Å². The standard InChI is InChI=1S/C53H90O22/c1-8-23(2)10-9-15-53(7,75-48-44(67)40(63)38(61)31(72-48)22-69-46-42(65)35(58)28(57)21-68-46)25-13-16-52(6)24-11-12-32-50(3,4)33(14-17-51(32,5)26(24)18-27(56)34(25)52)73-49-45(41(64)37(60)30(20-55)71-49)74-47-43(66)39(62)36(59)29(19-54)70-47/h10,24-49,54-67H,8-9,11-22H2,1-7H3/b23-10+. The first-order chi connectivity index (χ1) is 35.3. The van der Waals surface area contributed by atoms with Crippen molar-refractivity contribution in [1.82, 2.24) is 0 Å². The van der Waals surface area contributed by atoms with Gasteiger partial charge in [-0.25, -0.2) is 0 Å². The molecule has 14 N–H and O–H groups in total. The Hall–Kier alpha value is -1.14. The Bertz CT molecular complexity index is 1910. The Balaban J connectivity index is 0.998. The topological polar surface area (TPSA) is 357 Å². The van der Waals surface area contributed by atoms with Gasteiger partial charge in [0.25, 0.3) is 0 Å². The van der Waals surface area contributed by atoms with Gasteiger partial charge in [0, 0.05) is 0 Å². The maximum atomic E-state index is 12.7. The lowest BCUT2D eigenvalue weighted by atomic mass is 9.39. The molecule has 29 atom stereocenters. The van der Waals surface area contributed by atoms with Gasteiger partial charge in [0.1, 0.15) is 91.6 Å². The molecule has 4 aliphatic heterocycles. The first-order valence-electron chi connectivity index (χ1n) is 27.5. The third-order valence-corrected chi connectivity index (χ3v) is 20.2. The molecule has 4 saturated heterocycles. The summed E-state index contributed by atoms with van der Waals surface area (Å²) in [6.45, 7) is 12.9. The predicted molar refractivity (Wildman–Crippen MR) is 260 cm³/mol. The summed E-state index contributed by atoms with van der Waals surface area (Å²) in [6, 6.07) is 0. The average molecular weight is 1080 g/mol. The first kappa shape index (κ1) is 60.0. The van der Waals surface area contributed by atoms with E-state index in [2.05, 4.69) is 47.6 Å². The summed E-state index contributed by atoms with van der Waals surface area (Å²) in [5.41, 5.74) is -0.983. The van der Waals surface area contributed by atoms with Crippen molar-refractivity contribution < 1.29 is 109 Å². The van der Waals surface area contributed by atoms with Crippen LogP contribution in [0.4, 0.5) is 0 Å². The Morgan fingerprint density at radius 3 is 1.85 bits per heavy atom. The van der Waals surface area contributed by atoms with E-state index >= 15 is 0 Å². The molecule has 8 rings (SSSR count). The molecule has 29 unspecified atom stereocenters. The van der Waals surface area contributed by atoms with Crippen molar-refractivity contribution >= 4 is 0 Å². The molecule has 4 aliphatic carbocycles. The highest BCUT2D eigenvalue weighted by atomic mass is 16.8. The summed E-state index contributed by atoms with van der Waals surface area (Å²) in [4.78, 5) is 0. The van der Waals surface area contributed by atoms with Gasteiger partial charge >= 0.3 is 0 Å². The average Bonchev–Trinajstić information content (AvgIpc) is 3.78. The number of allylic oxidation sites excluding steroid dienone is 2. The Kier molecular flexibility index (Phi) is 18.7. The molecule has 22 heteroatoms. The van der Waals surface area contributed by atoms with Crippen molar-refractivity contribution in [1.29, 1.82) is 0 Å². The largest absolute Gasteiger partial charge is 0.394 e. The molecule has 0 amide bonds. The lowest BCUT2D eigenvalue weighted by Crippen LogP contribution is -2.66. The smallest absolute Gasteiger partial charge is 0.187 e. The molecule has 22 nitrogen and oxygen atoms in total. The van der Waals surface area contributed by atoms with E-state index in [1.54, 1.807) is 0 Å². The van der Waals surface area contributed by atoms with E-state index in [4.69, 9.17) is 37.9 Å². The van der Waals surface area contributed by atoms with Gasteiger partial charge in [0.2, 0.25) is 0 Å². The molecule has 4 saturated carbocycles. The van der Waals surface area contributed by atoms with E-state index < -0.39 is 160 Å². The summed E-state index contributed by atoms with van der Waals surface area (Å²) < 4.78 is 48.7. The van der Waals surface area contributed by atoms with Crippen LogP contribution in [0.3, 0.4) is 0 Å². The van der Waals surface area contributed by atoms with Gasteiger partial charge in [-0.05, 0) is 124 Å². The van der Waals surface area contributed by atoms with Gasteiger partial charge in [-0.2, -0.15) is 0 Å². The number of rotatable bonds is 16. The second-order valence-electron chi connectivity index (χ2n) is 24.8. The van der Waals surface area contributed by atoms with Crippen LogP contribution in [0.2, 0.25) is 0 Å². The molecule has 75 heavy (non-hydrogen) atoms. The van der Waals surface area contributed by atoms with Crippen LogP contribution in [0, 0.1) is 45.8 Å². The van der Waals surface area contributed by atoms with E-state index in [0.717, 1.165) is 25.7 Å². The number of aliphatic hydroxyl groups is 14. The van der Waals surface area contributed by atoms with Crippen LogP contribution in [-0.4, -0.2) is 232 Å². The fourth-order valence-corrected chi connectivity index (χ4v) is 15.6. The SMILES string of the molecule is CC/C(C)=C/CCC(C)(OC1OC(COC2OCC(O)C(O)C2O)C(O)C(O)C1O)C1CCC2(C)C3CCC4C(C)(C)C(OC5OC(CO)C(O)C(O)C5OC5OC(CO)C(O)C(O)C5O)CCC4(C)C3CC(O)C12. The molecular weight excluding hydrogens is 989 g/mol. The van der Waals surface area contributed by atoms with E-state index in [1.165, 1.54) is 5.57 Å². The highest BCUT2D eigenvalue weighted by Crippen LogP contribution is 2.71. The molecule has 0 aromatic carbocycles. The molecule has 0 radical (unpaired) electrons. The summed E-state index contributed by atoms with van der Waals surface area (Å²) in [5.74, 6) is -0.0559. The van der Waals surface area contributed by atoms with Crippen molar-refractivity contribution in [2.75, 3.05) is 26.4 Å². The summed E-state index contributed by atoms with van der Waals surface area (Å²) >= 11 is 0. The third-order valence-electron chi connectivity index (χ3n) is 20.2. The zero-order valence-electron chi connectivity index (χ0n) is 44.5. The van der Waals surface area contributed by atoms with Crippen LogP contribution in [0.5, 0.6) is 0 Å². The lowest BCUT2D eigenvalue weighted by molar-refractivity contribution is -0.378. The van der Waals surface area contributed by atoms with Crippen molar-refractivity contribution in [3.05, 3.63) is 11.6 Å². The Morgan fingerprint density at radius 2 is 1.20 bits per heavy atom. The third kappa shape index (κ3) is 11.1. The molecule has 0 spiro atoms. The van der Waals surface area contributed by atoms with E-state index in [9.17, 15) is 71.5 Å². The number of fused-ring (bicyclic) bond motifs is 5. The van der Waals surface area contributed by atoms with Gasteiger partial charge in [-0.1, -0.05) is 46.3 Å². The minimum atomic E-state index is -1.81. The minimum absolute atomic E-state index is 0.0718. The molecule has 0 aromatic rings. The Morgan fingerprint density at radius 1 is 0.613 bits per heavy atom. The molecule has 0 bridgehead atoms. The second-order valence-corrected chi connectivity index (χ2v) is 24.8. The number of aliphatic hydroxyl groups excluding tert-OH is 14. The molecule has 8 fully saturated rings. The van der Waals surface area contributed by atoms with Gasteiger partial charge in [-0.3, -0.25) is 0 Å². The van der Waals surface area contributed by atoms with Crippen LogP contribution >= 0.6 is 0 Å². The first-order valence-corrected chi connectivity index (χ1v) is 27.5. The van der Waals surface area contributed by atoms with Crippen molar-refractivity contribution in [2.45, 2.75) is 247 Å². The number of hydrogen-bond donors (Lipinski definition) is 14.